The molecule has 0 saturated heterocycles. The van der Waals surface area contributed by atoms with Crippen molar-refractivity contribution in [3.8, 4) is 0 Å². The van der Waals surface area contributed by atoms with Crippen LogP contribution in [-0.4, -0.2) is 23.0 Å². The molecule has 0 saturated carbocycles. The Morgan fingerprint density at radius 1 is 1.29 bits per heavy atom. The molecule has 2 aromatic rings. The molecule has 2 amide bonds. The second-order valence-corrected chi connectivity index (χ2v) is 5.49. The summed E-state index contributed by atoms with van der Waals surface area (Å²) in [6.45, 7) is 2.24. The first kappa shape index (κ1) is 15.6. The molecule has 0 fully saturated rings. The summed E-state index contributed by atoms with van der Waals surface area (Å²) in [5.41, 5.74) is 2.17. The number of amides is 2. The van der Waals surface area contributed by atoms with Gasteiger partial charge in [0.25, 0.3) is 0 Å². The molecule has 1 aromatic carbocycles. The molecule has 110 valence electrons. The van der Waals surface area contributed by atoms with Crippen molar-refractivity contribution in [3.63, 3.8) is 0 Å². The predicted molar refractivity (Wildman–Crippen MR) is 85.9 cm³/mol. The minimum Gasteiger partial charge on any atom is -0.322 e. The first-order valence-electron chi connectivity index (χ1n) is 6.35. The summed E-state index contributed by atoms with van der Waals surface area (Å²) in [5, 5.41) is 3.80. The van der Waals surface area contributed by atoms with Crippen LogP contribution in [0.5, 0.6) is 0 Å². The average molecular weight is 324 g/mol. The van der Waals surface area contributed by atoms with Crippen molar-refractivity contribution in [2.45, 2.75) is 13.5 Å². The summed E-state index contributed by atoms with van der Waals surface area (Å²) in [5.74, 6) is 0. The van der Waals surface area contributed by atoms with E-state index in [0.29, 0.717) is 22.3 Å². The van der Waals surface area contributed by atoms with Crippen LogP contribution in [0.2, 0.25) is 10.0 Å². The highest BCUT2D eigenvalue weighted by Crippen LogP contribution is 2.28. The molecule has 0 aliphatic rings. The van der Waals surface area contributed by atoms with Gasteiger partial charge < -0.3 is 10.2 Å². The summed E-state index contributed by atoms with van der Waals surface area (Å²) in [7, 11) is 1.70. The summed E-state index contributed by atoms with van der Waals surface area (Å²) < 4.78 is 0. The summed E-state index contributed by atoms with van der Waals surface area (Å²) in [4.78, 5) is 17.8. The number of hydrogen-bond acceptors (Lipinski definition) is 2. The highest BCUT2D eigenvalue weighted by Gasteiger charge is 2.11. The number of aromatic nitrogens is 1. The number of hydrogen-bond donors (Lipinski definition) is 1. The molecule has 0 spiro atoms. The number of pyridine rings is 1. The molecule has 6 heteroatoms. The second-order valence-electron chi connectivity index (χ2n) is 4.67. The quantitative estimate of drug-likeness (QED) is 0.912. The highest BCUT2D eigenvalue weighted by molar-refractivity contribution is 6.36. The Labute approximate surface area is 133 Å². The van der Waals surface area contributed by atoms with Crippen LogP contribution in [0.3, 0.4) is 0 Å². The van der Waals surface area contributed by atoms with Crippen molar-refractivity contribution in [3.05, 3.63) is 57.8 Å². The SMILES string of the molecule is Cc1c(Cl)cc(NC(=O)N(C)Cc2ccccn2)cc1Cl. The van der Waals surface area contributed by atoms with Crippen LogP contribution in [0.25, 0.3) is 0 Å². The van der Waals surface area contributed by atoms with E-state index in [1.54, 1.807) is 25.4 Å². The van der Waals surface area contributed by atoms with Crippen molar-refractivity contribution in [2.24, 2.45) is 0 Å². The van der Waals surface area contributed by atoms with E-state index in [-0.39, 0.29) is 6.03 Å². The van der Waals surface area contributed by atoms with Crippen LogP contribution >= 0.6 is 23.2 Å². The van der Waals surface area contributed by atoms with Gasteiger partial charge in [0.1, 0.15) is 0 Å². The number of benzene rings is 1. The van der Waals surface area contributed by atoms with E-state index in [2.05, 4.69) is 10.3 Å². The maximum absolute atomic E-state index is 12.1. The number of carbonyl (C=O) groups is 1. The third-order valence-electron chi connectivity index (χ3n) is 3.00. The molecule has 0 aliphatic heterocycles. The number of nitrogens with zero attached hydrogens (tertiary/aromatic N) is 2. The van der Waals surface area contributed by atoms with Gasteiger partial charge in [0.15, 0.2) is 0 Å². The molecule has 0 bridgehead atoms. The number of halogens is 2. The predicted octanol–water partition coefficient (Wildman–Crippen LogP) is 4.36. The molecule has 0 radical (unpaired) electrons. The third-order valence-corrected chi connectivity index (χ3v) is 3.79. The van der Waals surface area contributed by atoms with Crippen LogP contribution in [0, 0.1) is 6.92 Å². The number of anilines is 1. The second kappa shape index (κ2) is 6.78. The molecule has 1 aromatic heterocycles. The fraction of sp³-hybridized carbons (Fsp3) is 0.200. The molecule has 1 heterocycles. The molecule has 0 atom stereocenters. The van der Waals surface area contributed by atoms with Gasteiger partial charge in [-0.15, -0.1) is 0 Å². The normalized spacial score (nSPS) is 10.3. The Morgan fingerprint density at radius 3 is 2.52 bits per heavy atom. The third kappa shape index (κ3) is 4.09. The average Bonchev–Trinajstić information content (AvgIpc) is 2.45. The van der Waals surface area contributed by atoms with Crippen molar-refractivity contribution < 1.29 is 4.79 Å². The van der Waals surface area contributed by atoms with Gasteiger partial charge in [-0.05, 0) is 36.8 Å². The van der Waals surface area contributed by atoms with Gasteiger partial charge >= 0.3 is 6.03 Å². The zero-order valence-corrected chi connectivity index (χ0v) is 13.2. The van der Waals surface area contributed by atoms with E-state index in [9.17, 15) is 4.79 Å². The van der Waals surface area contributed by atoms with E-state index in [4.69, 9.17) is 23.2 Å². The van der Waals surface area contributed by atoms with Gasteiger partial charge in [0, 0.05) is 29.0 Å². The van der Waals surface area contributed by atoms with Crippen molar-refractivity contribution >= 4 is 34.9 Å². The summed E-state index contributed by atoms with van der Waals surface area (Å²) >= 11 is 12.1. The lowest BCUT2D eigenvalue weighted by Gasteiger charge is -2.18. The smallest absolute Gasteiger partial charge is 0.321 e. The first-order chi connectivity index (χ1) is 9.97. The lowest BCUT2D eigenvalue weighted by molar-refractivity contribution is 0.220. The van der Waals surface area contributed by atoms with E-state index < -0.39 is 0 Å². The minimum absolute atomic E-state index is 0.253. The van der Waals surface area contributed by atoms with Crippen LogP contribution in [0.15, 0.2) is 36.5 Å². The maximum atomic E-state index is 12.1. The number of rotatable bonds is 3. The zero-order valence-electron chi connectivity index (χ0n) is 11.7. The Morgan fingerprint density at radius 2 is 1.95 bits per heavy atom. The number of nitrogens with one attached hydrogen (secondary N) is 1. The van der Waals surface area contributed by atoms with Crippen molar-refractivity contribution in [1.82, 2.24) is 9.88 Å². The monoisotopic (exact) mass is 323 g/mol. The first-order valence-corrected chi connectivity index (χ1v) is 7.10. The van der Waals surface area contributed by atoms with Gasteiger partial charge in [-0.2, -0.15) is 0 Å². The van der Waals surface area contributed by atoms with Crippen molar-refractivity contribution in [1.29, 1.82) is 0 Å². The van der Waals surface area contributed by atoms with E-state index >= 15 is 0 Å². The number of urea groups is 1. The Balaban J connectivity index is 2.04. The van der Waals surface area contributed by atoms with Crippen LogP contribution in [0.4, 0.5) is 10.5 Å². The van der Waals surface area contributed by atoms with Gasteiger partial charge in [-0.25, -0.2) is 4.79 Å². The Kier molecular flexibility index (Phi) is 5.04. The molecule has 4 nitrogen and oxygen atoms in total. The minimum atomic E-state index is -0.253. The molecule has 2 rings (SSSR count). The van der Waals surface area contributed by atoms with Crippen LogP contribution < -0.4 is 5.32 Å². The molecule has 0 aliphatic carbocycles. The van der Waals surface area contributed by atoms with Crippen LogP contribution in [0.1, 0.15) is 11.3 Å². The number of carbonyl (C=O) groups excluding carboxylic acids is 1. The fourth-order valence-electron chi connectivity index (χ4n) is 1.74. The zero-order chi connectivity index (χ0) is 15.4. The Bertz CT molecular complexity index is 624. The van der Waals surface area contributed by atoms with E-state index in [1.165, 1.54) is 4.90 Å². The lowest BCUT2D eigenvalue weighted by Crippen LogP contribution is -2.31. The van der Waals surface area contributed by atoms with Gasteiger partial charge in [0.2, 0.25) is 0 Å². The van der Waals surface area contributed by atoms with E-state index in [0.717, 1.165) is 11.3 Å². The Hall–Kier alpha value is -1.78. The van der Waals surface area contributed by atoms with Gasteiger partial charge in [-0.1, -0.05) is 29.3 Å². The molecule has 1 N–H and O–H groups in total. The largest absolute Gasteiger partial charge is 0.322 e. The van der Waals surface area contributed by atoms with Crippen LogP contribution in [-0.2, 0) is 6.54 Å². The summed E-state index contributed by atoms with van der Waals surface area (Å²) in [6.07, 6.45) is 1.70. The van der Waals surface area contributed by atoms with Gasteiger partial charge in [0.05, 0.1) is 12.2 Å². The standard InChI is InChI=1S/C15H15Cl2N3O/c1-10-13(16)7-12(8-14(10)17)19-15(21)20(2)9-11-5-3-4-6-18-11/h3-8H,9H2,1-2H3,(H,19,21). The van der Waals surface area contributed by atoms with Crippen molar-refractivity contribution in [2.75, 3.05) is 12.4 Å². The highest BCUT2D eigenvalue weighted by atomic mass is 35.5. The molecular formula is C15H15Cl2N3O. The molecule has 0 unspecified atom stereocenters. The maximum Gasteiger partial charge on any atom is 0.321 e. The fourth-order valence-corrected chi connectivity index (χ4v) is 2.23. The topological polar surface area (TPSA) is 45.2 Å². The lowest BCUT2D eigenvalue weighted by atomic mass is 10.2. The molecular weight excluding hydrogens is 309 g/mol. The van der Waals surface area contributed by atoms with Gasteiger partial charge in [-0.3, -0.25) is 4.98 Å². The van der Waals surface area contributed by atoms with E-state index in [1.807, 2.05) is 25.1 Å². The molecule has 21 heavy (non-hydrogen) atoms. The summed E-state index contributed by atoms with van der Waals surface area (Å²) in [6, 6.07) is 8.68.